The normalized spacial score (nSPS) is 14.2. The molecule has 146 heavy (non-hydrogen) atoms. The molecular formula is C124H162Br2N2O8S8Sn2. The van der Waals surface area contributed by atoms with Crippen molar-refractivity contribution in [3.05, 3.63) is 187 Å². The zero-order chi connectivity index (χ0) is 105. The number of rotatable bonds is 55. The van der Waals surface area contributed by atoms with Crippen LogP contribution in [0.15, 0.2) is 81.7 Å². The zero-order valence-corrected chi connectivity index (χ0v) is 107. The number of carbonyl (C=O) groups is 6. The second kappa shape index (κ2) is 54.2. The number of hydrogen-bond donors (Lipinski definition) is 0. The van der Waals surface area contributed by atoms with E-state index < -0.39 is 36.8 Å². The van der Waals surface area contributed by atoms with Crippen LogP contribution in [0.1, 0.15) is 402 Å². The fourth-order valence-corrected chi connectivity index (χ4v) is 42.8. The second-order valence-corrected chi connectivity index (χ2v) is 85.7. The summed E-state index contributed by atoms with van der Waals surface area (Å²) in [6, 6.07) is 26.0. The van der Waals surface area contributed by atoms with Gasteiger partial charge in [-0.1, -0.05) is 290 Å². The molecule has 12 aromatic rings. The van der Waals surface area contributed by atoms with E-state index in [-0.39, 0.29) is 41.1 Å². The molecule has 4 amide bonds. The summed E-state index contributed by atoms with van der Waals surface area (Å²) in [5.41, 5.74) is 11.7. The van der Waals surface area contributed by atoms with Crippen molar-refractivity contribution in [3.63, 3.8) is 0 Å². The molecule has 4 aromatic carbocycles. The minimum absolute atomic E-state index is 0.0562. The molecule has 10 heterocycles. The molecule has 2 aliphatic carbocycles. The minimum atomic E-state index is -2.38. The number of ether oxygens (including phenoxy) is 2. The maximum atomic E-state index is 15.6. The number of fused-ring (bicyclic) bond motifs is 14. The van der Waals surface area contributed by atoms with Crippen LogP contribution >= 0.6 is 123 Å². The summed E-state index contributed by atoms with van der Waals surface area (Å²) in [5, 5.41) is 11.2. The van der Waals surface area contributed by atoms with Crippen molar-refractivity contribution in [2.24, 2.45) is 11.8 Å². The van der Waals surface area contributed by atoms with Gasteiger partial charge in [0, 0.05) is 99.8 Å². The van der Waals surface area contributed by atoms with Crippen molar-refractivity contribution in [3.8, 4) is 20.6 Å². The quantitative estimate of drug-likeness (QED) is 0.0209. The van der Waals surface area contributed by atoms with Gasteiger partial charge in [-0.05, 0) is 145 Å². The summed E-state index contributed by atoms with van der Waals surface area (Å²) < 4.78 is 22.4. The molecule has 22 heteroatoms. The van der Waals surface area contributed by atoms with E-state index in [0.717, 1.165) is 146 Å². The minimum Gasteiger partial charge on any atom is -0.484 e. The summed E-state index contributed by atoms with van der Waals surface area (Å²) >= 11 is 16.2. The average molecular weight is 2460 g/mol. The molecule has 786 valence electrons. The number of nitrogens with zero attached hydrogens (tertiary/aromatic N) is 2. The largest absolute Gasteiger partial charge is 0.484 e. The van der Waals surface area contributed by atoms with Gasteiger partial charge in [0.25, 0.3) is 23.6 Å². The Morgan fingerprint density at radius 3 is 0.945 bits per heavy atom. The standard InChI is InChI=1S/C60H75NO4S4.C40H46O2S4.C18H23Br2NO2.6CH3.2Sn/c1-9-12-14-16-17-18-19-20-21-22-23-24-25-27-31-65-47-35-45-44-34-41(8)67-57(44)50-51(58(45)69-47)53(54(62)52(50)55-38(5)32-40(7)66-55)56-39(6)33-46(68-56)43-30-29-37(4)48-49(43)60(64)61(59(48)63)36-42(11-3)28-26-15-13-10-2;1-5-6-7-8-9-10-11-12-13-14-15-16-17-18-21-42-31-25-30-29-24-28(4)45-39(29)32-33(40(30)46-31)35(38-27(3)20-23-44-38)36(41)34(32)37-26(2)19-22-43-37;1-3-5-6-7-8-12(4-2)11-21-17(22)15-13(19)9-10-14(20)16(15)18(21)23;;;;;;;;/h29-30,32-35,42H,9-28,31,36H2,1-8H3;19-20,24-25H,5-18,21H2,1-4H3;9-10,12H,3-8,11H2,1-2H3;6*1H3;;. The third kappa shape index (κ3) is 27.3. The van der Waals surface area contributed by atoms with E-state index in [1.807, 2.05) is 53.1 Å². The number of ketones is 2. The second-order valence-electron chi connectivity index (χ2n) is 44.2. The fraction of sp³-hybridized carbons (Fsp3) is 0.532. The smallest absolute Gasteiger partial charge is 0.262 e. The number of aryl methyl sites for hydroxylation is 8. The third-order valence-corrected chi connectivity index (χ3v) is 59.7. The summed E-state index contributed by atoms with van der Waals surface area (Å²) in [6.07, 6.45) is 51.2. The van der Waals surface area contributed by atoms with Crippen molar-refractivity contribution in [1.29, 1.82) is 0 Å². The predicted octanol–water partition coefficient (Wildman–Crippen LogP) is 35.8. The summed E-state index contributed by atoms with van der Waals surface area (Å²) in [7, 11) is 0. The van der Waals surface area contributed by atoms with Crippen LogP contribution in [0.4, 0.5) is 0 Å². The van der Waals surface area contributed by atoms with Gasteiger partial charge in [0.1, 0.15) is 0 Å². The Balaban J connectivity index is 0.000000193. The molecule has 0 radical (unpaired) electrons. The molecule has 8 aromatic heterocycles. The SMILES string of the molecule is CCCCCCC(CC)CN1C(=O)c2c(Br)ccc(Br)c2C1=O.CCCCCCCCCCCCCCCCOc1cc2c(s1)c1c(c3sc(C)cc32)=C(c2s[c]([Sn]([CH3])([CH3])[CH3])cc2C)C(=O)C=1c1s[c]([Sn]([CH3])([CH3])[CH3])cc1C.CCCCCCCCCCCCCCCCOc1cc2c(s1)c1c(c3sc(C)cc32)=C(c2sc(C)cc2C)C(=O)C=1c1sc(-c2ccc(C)c3c2C(=O)N(CC(CC)CCCCCC)C3=O)cc1C. The Morgan fingerprint density at radius 1 is 0.301 bits per heavy atom. The van der Waals surface area contributed by atoms with E-state index in [9.17, 15) is 19.2 Å². The van der Waals surface area contributed by atoms with Crippen LogP contribution in [0, 0.1) is 67.2 Å². The van der Waals surface area contributed by atoms with E-state index in [0.29, 0.717) is 56.8 Å². The summed E-state index contributed by atoms with van der Waals surface area (Å²) in [5.74, 6) is 0.214. The molecule has 0 bridgehead atoms. The van der Waals surface area contributed by atoms with Gasteiger partial charge >= 0.3 is 270 Å². The van der Waals surface area contributed by atoms with Crippen molar-refractivity contribution < 1.29 is 38.2 Å². The van der Waals surface area contributed by atoms with Crippen LogP contribution in [-0.2, 0) is 9.59 Å². The van der Waals surface area contributed by atoms with Crippen LogP contribution < -0.4 is 36.1 Å². The maximum absolute atomic E-state index is 15.6. The first kappa shape index (κ1) is 116. The molecule has 0 N–H and O–H groups in total. The number of hydrogen-bond acceptors (Lipinski definition) is 16. The average Bonchev–Trinajstić information content (AvgIpc) is 1.54. The fourth-order valence-electron chi connectivity index (χ4n) is 21.8. The molecule has 16 rings (SSSR count). The Morgan fingerprint density at radius 2 is 0.603 bits per heavy atom. The summed E-state index contributed by atoms with van der Waals surface area (Å²) in [6.45, 7) is 32.9. The number of carbonyl (C=O) groups excluding carboxylic acids is 6. The monoisotopic (exact) mass is 2460 g/mol. The first-order valence-electron chi connectivity index (χ1n) is 55.8. The number of imide groups is 2. The van der Waals surface area contributed by atoms with Crippen molar-refractivity contribution in [2.45, 2.75) is 383 Å². The number of Topliss-reactive ketones (excluding diaryl/α,β-unsaturated/α-hetero) is 2. The molecule has 0 saturated heterocycles. The van der Waals surface area contributed by atoms with Crippen molar-refractivity contribution >= 4 is 263 Å². The first-order chi connectivity index (χ1) is 70.2. The van der Waals surface area contributed by atoms with Crippen LogP contribution in [0.2, 0.25) is 29.6 Å². The van der Waals surface area contributed by atoms with Crippen molar-refractivity contribution in [2.75, 3.05) is 26.3 Å². The van der Waals surface area contributed by atoms with Gasteiger partial charge in [0.15, 0.2) is 10.8 Å². The van der Waals surface area contributed by atoms with Gasteiger partial charge in [-0.15, -0.1) is 34.0 Å². The molecule has 2 unspecified atom stereocenters. The number of benzene rings is 4. The first-order valence-corrected chi connectivity index (χ1v) is 83.9. The molecule has 0 spiro atoms. The van der Waals surface area contributed by atoms with Gasteiger partial charge in [-0.3, -0.25) is 33.8 Å². The zero-order valence-electron chi connectivity index (χ0n) is 91.4. The van der Waals surface area contributed by atoms with Gasteiger partial charge in [-0.25, -0.2) is 0 Å². The van der Waals surface area contributed by atoms with Gasteiger partial charge < -0.3 is 4.74 Å². The van der Waals surface area contributed by atoms with E-state index in [1.54, 1.807) is 71.7 Å². The molecule has 2 atom stereocenters. The third-order valence-electron chi connectivity index (χ3n) is 30.3. The number of amides is 4. The Kier molecular flexibility index (Phi) is 43.2. The van der Waals surface area contributed by atoms with Crippen LogP contribution in [0.5, 0.6) is 10.1 Å². The molecular weight excluding hydrogens is 2300 g/mol. The maximum Gasteiger partial charge on any atom is 0.262 e. The van der Waals surface area contributed by atoms with E-state index in [2.05, 4.69) is 200 Å². The van der Waals surface area contributed by atoms with E-state index in [1.165, 1.54) is 296 Å². The topological polar surface area (TPSA) is 127 Å². The number of thiophene rings is 8. The van der Waals surface area contributed by atoms with Crippen LogP contribution in [0.25, 0.3) is 73.1 Å². The van der Waals surface area contributed by atoms with E-state index >= 15 is 9.59 Å². The molecule has 10 nitrogen and oxygen atoms in total. The van der Waals surface area contributed by atoms with Gasteiger partial charge in [-0.2, -0.15) is 0 Å². The van der Waals surface area contributed by atoms with E-state index in [4.69, 9.17) is 9.47 Å². The number of halogens is 2. The Bertz CT molecular complexity index is 6920. The molecule has 2 aliphatic heterocycles. The Labute approximate surface area is 929 Å². The predicted molar refractivity (Wildman–Crippen MR) is 649 cm³/mol. The van der Waals surface area contributed by atoms with Gasteiger partial charge in [0.05, 0.1) is 28.9 Å². The van der Waals surface area contributed by atoms with Gasteiger partial charge in [0.2, 0.25) is 0 Å². The Hall–Kier alpha value is -5.22. The van der Waals surface area contributed by atoms with Crippen LogP contribution in [0.3, 0.4) is 0 Å². The molecule has 0 saturated carbocycles. The molecule has 0 fully saturated rings. The van der Waals surface area contributed by atoms with Crippen molar-refractivity contribution in [1.82, 2.24) is 9.80 Å². The number of unbranched alkanes of at least 4 members (excludes halogenated alkanes) is 32. The molecule has 4 aliphatic rings. The summed E-state index contributed by atoms with van der Waals surface area (Å²) in [4.78, 5) is 112. The van der Waals surface area contributed by atoms with Crippen LogP contribution in [-0.4, -0.2) is 108 Å².